The van der Waals surface area contributed by atoms with Gasteiger partial charge in [0.25, 0.3) is 0 Å². The highest BCUT2D eigenvalue weighted by Crippen LogP contribution is 2.15. The smallest absolute Gasteiger partial charge is 0.211 e. The summed E-state index contributed by atoms with van der Waals surface area (Å²) in [5.41, 5.74) is 0. The predicted molar refractivity (Wildman–Crippen MR) is 35.4 cm³/mol. The third-order valence-electron chi connectivity index (χ3n) is 1.71. The van der Waals surface area contributed by atoms with Gasteiger partial charge in [0.15, 0.2) is 0 Å². The zero-order chi connectivity index (χ0) is 6.69. The zero-order valence-corrected chi connectivity index (χ0v) is 5.25. The van der Waals surface area contributed by atoms with Crippen LogP contribution in [0.4, 0.5) is 0 Å². The first-order valence-electron chi connectivity index (χ1n) is 3.26. The van der Waals surface area contributed by atoms with Crippen molar-refractivity contribution in [2.24, 2.45) is 0 Å². The predicted octanol–water partition coefficient (Wildman–Crippen LogP) is 0.966. The summed E-state index contributed by atoms with van der Waals surface area (Å²) in [7, 11) is 2.12. The maximum Gasteiger partial charge on any atom is 0.211 e. The van der Waals surface area contributed by atoms with Gasteiger partial charge in [-0.05, 0) is 0 Å². The highest BCUT2D eigenvalue weighted by molar-refractivity contribution is 6.35. The second-order valence-electron chi connectivity index (χ2n) is 2.38. The molecule has 0 aliphatic carbocycles. The Balaban J connectivity index is 2.31. The number of hydrogen-bond acceptors (Lipinski definition) is 2. The topological polar surface area (TPSA) is 43.1 Å². The molecule has 0 aromatic rings. The Labute approximate surface area is 54.8 Å². The van der Waals surface area contributed by atoms with E-state index in [4.69, 9.17) is 0 Å². The minimum atomic E-state index is -0.255. The summed E-state index contributed by atoms with van der Waals surface area (Å²) >= 11 is 0. The van der Waals surface area contributed by atoms with Crippen LogP contribution in [-0.4, -0.2) is 18.2 Å². The van der Waals surface area contributed by atoms with E-state index in [-0.39, 0.29) is 11.0 Å². The van der Waals surface area contributed by atoms with Gasteiger partial charge in [-0.15, -0.1) is 0 Å². The number of nitrogens with zero attached hydrogens (tertiary/aromatic N) is 1. The molecular weight excluding hydrogens is 117 g/mol. The number of nitro groups is 1. The molecule has 0 N–H and O–H groups in total. The number of rotatable bonds is 1. The normalized spacial score (nSPS) is 20.9. The van der Waals surface area contributed by atoms with Crippen molar-refractivity contribution in [1.82, 2.24) is 0 Å². The molecule has 1 heterocycles. The first-order chi connectivity index (χ1) is 4.30. The maximum atomic E-state index is 10.1. The molecule has 4 heteroatoms. The molecule has 0 aromatic carbocycles. The van der Waals surface area contributed by atoms with E-state index in [2.05, 4.69) is 7.28 Å². The van der Waals surface area contributed by atoms with Crippen LogP contribution in [0, 0.1) is 10.1 Å². The molecule has 0 unspecified atom stereocenters. The minimum absolute atomic E-state index is 0.160. The Kier molecular flexibility index (Phi) is 2.08. The van der Waals surface area contributed by atoms with Gasteiger partial charge in [0.2, 0.25) is 6.04 Å². The molecule has 3 nitrogen and oxygen atoms in total. The molecule has 1 radical (unpaired) electrons. The summed E-state index contributed by atoms with van der Waals surface area (Å²) in [6, 6.07) is -0.255. The second-order valence-corrected chi connectivity index (χ2v) is 2.38. The zero-order valence-electron chi connectivity index (χ0n) is 5.25. The summed E-state index contributed by atoms with van der Waals surface area (Å²) in [5.74, 6) is 0. The minimum Gasteiger partial charge on any atom is -0.264 e. The molecule has 0 spiro atoms. The van der Waals surface area contributed by atoms with Crippen LogP contribution in [0.1, 0.15) is 12.8 Å². The average Bonchev–Trinajstić information content (AvgIpc) is 1.90. The lowest BCUT2D eigenvalue weighted by molar-refractivity contribution is -0.523. The molecule has 0 saturated carbocycles. The van der Waals surface area contributed by atoms with Crippen molar-refractivity contribution in [1.29, 1.82) is 0 Å². The van der Waals surface area contributed by atoms with Gasteiger partial charge in [0.05, 0.1) is 0 Å². The fourth-order valence-electron chi connectivity index (χ4n) is 1.12. The van der Waals surface area contributed by atoms with Crippen LogP contribution < -0.4 is 0 Å². The van der Waals surface area contributed by atoms with Gasteiger partial charge in [0, 0.05) is 17.8 Å². The third-order valence-corrected chi connectivity index (χ3v) is 1.71. The van der Waals surface area contributed by atoms with Crippen molar-refractivity contribution >= 4 is 7.28 Å². The van der Waals surface area contributed by atoms with Crippen LogP contribution >= 0.6 is 0 Å². The van der Waals surface area contributed by atoms with E-state index in [1.165, 1.54) is 0 Å². The Morgan fingerprint density at radius 1 is 1.44 bits per heavy atom. The lowest BCUT2D eigenvalue weighted by Crippen LogP contribution is -2.23. The molecule has 0 amide bonds. The Bertz CT molecular complexity index is 112. The highest BCUT2D eigenvalue weighted by Gasteiger charge is 2.22. The summed E-state index contributed by atoms with van der Waals surface area (Å²) in [6.07, 6.45) is 3.33. The standard InChI is InChI=1S/C5H9BNO2/c8-7(9)5-1-3-6-4-2-5/h5H,1-4H2. The Morgan fingerprint density at radius 2 is 2.00 bits per heavy atom. The largest absolute Gasteiger partial charge is 0.264 e. The molecule has 49 valence electrons. The molecular formula is C5H9BNO2. The van der Waals surface area contributed by atoms with Gasteiger partial charge in [0.1, 0.15) is 7.28 Å². The van der Waals surface area contributed by atoms with E-state index in [1.807, 2.05) is 0 Å². The van der Waals surface area contributed by atoms with Crippen molar-refractivity contribution in [2.45, 2.75) is 31.5 Å². The Hall–Kier alpha value is -0.535. The van der Waals surface area contributed by atoms with Crippen LogP contribution in [-0.2, 0) is 0 Å². The monoisotopic (exact) mass is 126 g/mol. The van der Waals surface area contributed by atoms with E-state index in [0.29, 0.717) is 0 Å². The van der Waals surface area contributed by atoms with Crippen molar-refractivity contribution in [2.75, 3.05) is 0 Å². The summed E-state index contributed by atoms with van der Waals surface area (Å²) in [4.78, 5) is 9.99. The van der Waals surface area contributed by atoms with Crippen LogP contribution in [0.25, 0.3) is 0 Å². The number of hydrogen-bond donors (Lipinski definition) is 0. The van der Waals surface area contributed by atoms with Gasteiger partial charge >= 0.3 is 0 Å². The molecule has 1 rings (SSSR count). The summed E-state index contributed by atoms with van der Waals surface area (Å²) in [5, 5.41) is 10.1. The molecule has 0 atom stereocenters. The summed E-state index contributed by atoms with van der Waals surface area (Å²) < 4.78 is 0. The molecule has 1 fully saturated rings. The van der Waals surface area contributed by atoms with Crippen LogP contribution in [0.3, 0.4) is 0 Å². The maximum absolute atomic E-state index is 10.1. The second kappa shape index (κ2) is 2.85. The molecule has 0 aromatic heterocycles. The fourth-order valence-corrected chi connectivity index (χ4v) is 1.12. The third kappa shape index (κ3) is 1.70. The fraction of sp³-hybridized carbons (Fsp3) is 1.00. The SMILES string of the molecule is O=[N+]([O-])C1CC[B]CC1. The Morgan fingerprint density at radius 3 is 2.33 bits per heavy atom. The molecule has 9 heavy (non-hydrogen) atoms. The first-order valence-corrected chi connectivity index (χ1v) is 3.26. The molecule has 1 aliphatic rings. The van der Waals surface area contributed by atoms with Gasteiger partial charge in [-0.1, -0.05) is 12.6 Å². The lowest BCUT2D eigenvalue weighted by Gasteiger charge is -2.12. The van der Waals surface area contributed by atoms with Crippen LogP contribution in [0.5, 0.6) is 0 Å². The van der Waals surface area contributed by atoms with Gasteiger partial charge in [-0.3, -0.25) is 10.1 Å². The van der Waals surface area contributed by atoms with Gasteiger partial charge < -0.3 is 0 Å². The van der Waals surface area contributed by atoms with E-state index in [9.17, 15) is 10.1 Å². The lowest BCUT2D eigenvalue weighted by atomic mass is 9.63. The van der Waals surface area contributed by atoms with Gasteiger partial charge in [-0.25, -0.2) is 0 Å². The molecule has 1 aliphatic heterocycles. The first kappa shape index (κ1) is 6.58. The van der Waals surface area contributed by atoms with Crippen molar-refractivity contribution in [3.63, 3.8) is 0 Å². The molecule has 0 bridgehead atoms. The van der Waals surface area contributed by atoms with E-state index in [0.717, 1.165) is 25.5 Å². The highest BCUT2D eigenvalue weighted by atomic mass is 16.6. The van der Waals surface area contributed by atoms with E-state index < -0.39 is 0 Å². The van der Waals surface area contributed by atoms with Crippen molar-refractivity contribution in [3.05, 3.63) is 10.1 Å². The molecule has 1 saturated heterocycles. The van der Waals surface area contributed by atoms with E-state index >= 15 is 0 Å². The van der Waals surface area contributed by atoms with Crippen LogP contribution in [0.15, 0.2) is 0 Å². The quantitative estimate of drug-likeness (QED) is 0.298. The summed E-state index contributed by atoms with van der Waals surface area (Å²) in [6.45, 7) is 0. The van der Waals surface area contributed by atoms with E-state index in [1.54, 1.807) is 0 Å². The van der Waals surface area contributed by atoms with Crippen molar-refractivity contribution in [3.8, 4) is 0 Å². The van der Waals surface area contributed by atoms with Crippen molar-refractivity contribution < 1.29 is 4.92 Å². The van der Waals surface area contributed by atoms with Crippen LogP contribution in [0.2, 0.25) is 12.6 Å². The average molecular weight is 126 g/mol. The van der Waals surface area contributed by atoms with Gasteiger partial charge in [-0.2, -0.15) is 0 Å².